The molecule has 1 N–H and O–H groups in total. The summed E-state index contributed by atoms with van der Waals surface area (Å²) >= 11 is 0. The van der Waals surface area contributed by atoms with E-state index in [9.17, 15) is 5.11 Å². The van der Waals surface area contributed by atoms with Gasteiger partial charge in [-0.1, -0.05) is 19.3 Å². The zero-order valence-corrected chi connectivity index (χ0v) is 11.6. The van der Waals surface area contributed by atoms with Crippen molar-refractivity contribution in [2.24, 2.45) is 5.92 Å². The molecule has 18 heavy (non-hydrogen) atoms. The molecule has 3 fully saturated rings. The van der Waals surface area contributed by atoms with Crippen LogP contribution in [0.4, 0.5) is 0 Å². The molecular formula is C15H28N2O. The van der Waals surface area contributed by atoms with Gasteiger partial charge < -0.3 is 10.0 Å². The molecule has 2 aliphatic carbocycles. The summed E-state index contributed by atoms with van der Waals surface area (Å²) in [6.45, 7) is 6.13. The number of rotatable bonds is 3. The number of aliphatic hydroxyl groups excluding tert-OH is 1. The first kappa shape index (κ1) is 12.9. The number of hydrogen-bond acceptors (Lipinski definition) is 3. The van der Waals surface area contributed by atoms with Crippen molar-refractivity contribution >= 4 is 0 Å². The van der Waals surface area contributed by atoms with E-state index >= 15 is 0 Å². The molecule has 0 aromatic carbocycles. The first-order chi connectivity index (χ1) is 8.83. The van der Waals surface area contributed by atoms with Crippen molar-refractivity contribution < 1.29 is 5.11 Å². The average molecular weight is 252 g/mol. The maximum atomic E-state index is 10.3. The highest BCUT2D eigenvalue weighted by Crippen LogP contribution is 2.30. The maximum Gasteiger partial charge on any atom is 0.0695 e. The van der Waals surface area contributed by atoms with Crippen LogP contribution in [0.2, 0.25) is 0 Å². The molecule has 2 atom stereocenters. The zero-order chi connectivity index (χ0) is 12.4. The number of piperazine rings is 1. The van der Waals surface area contributed by atoms with Gasteiger partial charge in [0.2, 0.25) is 0 Å². The molecule has 3 heteroatoms. The zero-order valence-electron chi connectivity index (χ0n) is 11.6. The van der Waals surface area contributed by atoms with Gasteiger partial charge in [-0.2, -0.15) is 0 Å². The lowest BCUT2D eigenvalue weighted by Gasteiger charge is -2.40. The quantitative estimate of drug-likeness (QED) is 0.775. The van der Waals surface area contributed by atoms with Crippen LogP contribution in [-0.4, -0.2) is 59.8 Å². The van der Waals surface area contributed by atoms with Crippen molar-refractivity contribution in [2.75, 3.05) is 32.7 Å². The number of nitrogens with zero attached hydrogens (tertiary/aromatic N) is 2. The minimum atomic E-state index is -0.0671. The summed E-state index contributed by atoms with van der Waals surface area (Å²) < 4.78 is 0. The summed E-state index contributed by atoms with van der Waals surface area (Å²) in [5.41, 5.74) is 0. The molecule has 0 radical (unpaired) electrons. The summed E-state index contributed by atoms with van der Waals surface area (Å²) in [6, 6.07) is 0.454. The van der Waals surface area contributed by atoms with Crippen LogP contribution >= 0.6 is 0 Å². The van der Waals surface area contributed by atoms with E-state index in [1.807, 2.05) is 0 Å². The molecule has 0 aromatic heterocycles. The summed E-state index contributed by atoms with van der Waals surface area (Å²) in [6.07, 6.45) is 8.93. The van der Waals surface area contributed by atoms with Gasteiger partial charge in [0.15, 0.2) is 0 Å². The Hall–Kier alpha value is -0.120. The van der Waals surface area contributed by atoms with Crippen LogP contribution in [0.5, 0.6) is 0 Å². The van der Waals surface area contributed by atoms with Gasteiger partial charge in [0.25, 0.3) is 0 Å². The van der Waals surface area contributed by atoms with Crippen molar-refractivity contribution in [2.45, 2.75) is 57.1 Å². The van der Waals surface area contributed by atoms with E-state index < -0.39 is 0 Å². The molecule has 0 amide bonds. The number of hydrogen-bond donors (Lipinski definition) is 1. The molecule has 0 bridgehead atoms. The third-order valence-corrected chi connectivity index (χ3v) is 5.03. The van der Waals surface area contributed by atoms with Crippen molar-refractivity contribution in [3.05, 3.63) is 0 Å². The third kappa shape index (κ3) is 3.25. The van der Waals surface area contributed by atoms with Crippen LogP contribution < -0.4 is 0 Å². The second-order valence-corrected chi connectivity index (χ2v) is 6.55. The Morgan fingerprint density at radius 2 is 1.56 bits per heavy atom. The Bertz CT molecular complexity index is 259. The van der Waals surface area contributed by atoms with Crippen LogP contribution in [0.3, 0.4) is 0 Å². The van der Waals surface area contributed by atoms with Gasteiger partial charge in [0, 0.05) is 38.8 Å². The lowest BCUT2D eigenvalue weighted by molar-refractivity contribution is 0.0146. The summed E-state index contributed by atoms with van der Waals surface area (Å²) in [5, 5.41) is 10.3. The highest BCUT2D eigenvalue weighted by Gasteiger charge is 2.31. The molecule has 3 nitrogen and oxygen atoms in total. The summed E-state index contributed by atoms with van der Waals surface area (Å²) in [5.74, 6) is 1.01. The predicted octanol–water partition coefficient (Wildman–Crippen LogP) is 1.71. The Balaban J connectivity index is 1.47. The maximum absolute atomic E-state index is 10.3. The second-order valence-electron chi connectivity index (χ2n) is 6.55. The van der Waals surface area contributed by atoms with E-state index in [-0.39, 0.29) is 6.10 Å². The lowest BCUT2D eigenvalue weighted by Crippen LogP contribution is -2.53. The van der Waals surface area contributed by atoms with Crippen LogP contribution in [0.15, 0.2) is 0 Å². The number of aliphatic hydroxyl groups is 1. The van der Waals surface area contributed by atoms with E-state index in [1.54, 1.807) is 0 Å². The monoisotopic (exact) mass is 252 g/mol. The van der Waals surface area contributed by atoms with E-state index in [4.69, 9.17) is 0 Å². The fraction of sp³-hybridized carbons (Fsp3) is 1.00. The molecule has 1 heterocycles. The second kappa shape index (κ2) is 5.89. The predicted molar refractivity (Wildman–Crippen MR) is 73.6 cm³/mol. The molecule has 2 unspecified atom stereocenters. The molecule has 2 saturated carbocycles. The lowest BCUT2D eigenvalue weighted by atomic mass is 10.0. The van der Waals surface area contributed by atoms with Crippen molar-refractivity contribution in [1.82, 2.24) is 9.80 Å². The minimum absolute atomic E-state index is 0.0671. The van der Waals surface area contributed by atoms with Crippen LogP contribution in [-0.2, 0) is 0 Å². The van der Waals surface area contributed by atoms with Gasteiger partial charge in [0.05, 0.1) is 6.10 Å². The van der Waals surface area contributed by atoms with E-state index in [0.717, 1.165) is 12.3 Å². The SMILES string of the molecule is OC1CCCCCC1N1CCN(CC2CC2)CC1. The highest BCUT2D eigenvalue weighted by atomic mass is 16.3. The first-order valence-electron chi connectivity index (χ1n) is 7.97. The molecule has 3 aliphatic rings. The molecule has 1 saturated heterocycles. The Kier molecular flexibility index (Phi) is 4.22. The minimum Gasteiger partial charge on any atom is -0.391 e. The Morgan fingerprint density at radius 3 is 2.28 bits per heavy atom. The highest BCUT2D eigenvalue weighted by molar-refractivity contribution is 4.86. The molecule has 1 aliphatic heterocycles. The first-order valence-corrected chi connectivity index (χ1v) is 7.97. The molecule has 0 spiro atoms. The summed E-state index contributed by atoms with van der Waals surface area (Å²) in [7, 11) is 0. The van der Waals surface area contributed by atoms with E-state index in [1.165, 1.54) is 71.2 Å². The van der Waals surface area contributed by atoms with Gasteiger partial charge in [-0.25, -0.2) is 0 Å². The van der Waals surface area contributed by atoms with Gasteiger partial charge in [-0.05, 0) is 31.6 Å². The van der Waals surface area contributed by atoms with E-state index in [2.05, 4.69) is 9.80 Å². The fourth-order valence-corrected chi connectivity index (χ4v) is 3.64. The van der Waals surface area contributed by atoms with Gasteiger partial charge in [-0.3, -0.25) is 4.90 Å². The van der Waals surface area contributed by atoms with E-state index in [0.29, 0.717) is 6.04 Å². The molecule has 0 aromatic rings. The average Bonchev–Trinajstić information content (AvgIpc) is 3.19. The summed E-state index contributed by atoms with van der Waals surface area (Å²) in [4.78, 5) is 5.20. The van der Waals surface area contributed by atoms with Gasteiger partial charge >= 0.3 is 0 Å². The third-order valence-electron chi connectivity index (χ3n) is 5.03. The normalized spacial score (nSPS) is 36.5. The molecule has 104 valence electrons. The largest absolute Gasteiger partial charge is 0.391 e. The van der Waals surface area contributed by atoms with Gasteiger partial charge in [0.1, 0.15) is 0 Å². The molecule has 3 rings (SSSR count). The Morgan fingerprint density at radius 1 is 0.833 bits per heavy atom. The van der Waals surface area contributed by atoms with Gasteiger partial charge in [-0.15, -0.1) is 0 Å². The smallest absolute Gasteiger partial charge is 0.0695 e. The standard InChI is InChI=1S/C15H28N2O/c18-15-5-3-1-2-4-14(15)17-10-8-16(9-11-17)12-13-6-7-13/h13-15,18H,1-12H2. The van der Waals surface area contributed by atoms with Crippen LogP contribution in [0.25, 0.3) is 0 Å². The van der Waals surface area contributed by atoms with Crippen molar-refractivity contribution in [1.29, 1.82) is 0 Å². The molecular weight excluding hydrogens is 224 g/mol. The fourth-order valence-electron chi connectivity index (χ4n) is 3.64. The van der Waals surface area contributed by atoms with Crippen molar-refractivity contribution in [3.63, 3.8) is 0 Å². The van der Waals surface area contributed by atoms with Crippen molar-refractivity contribution in [3.8, 4) is 0 Å². The van der Waals surface area contributed by atoms with Crippen LogP contribution in [0.1, 0.15) is 44.9 Å². The van der Waals surface area contributed by atoms with Crippen LogP contribution in [0, 0.1) is 5.92 Å². The topological polar surface area (TPSA) is 26.7 Å². The Labute approximate surface area is 111 Å².